The number of hydrogen-bond donors (Lipinski definition) is 3. The molecule has 86 valence electrons. The Kier molecular flexibility index (Phi) is 3.50. The van der Waals surface area contributed by atoms with E-state index in [-0.39, 0.29) is 0 Å². The Labute approximate surface area is 97.4 Å². The molecule has 0 saturated heterocycles. The summed E-state index contributed by atoms with van der Waals surface area (Å²) >= 11 is 1.40. The molecule has 1 heterocycles. The molecule has 0 aliphatic heterocycles. The summed E-state index contributed by atoms with van der Waals surface area (Å²) in [6, 6.07) is 7.65. The van der Waals surface area contributed by atoms with Gasteiger partial charge in [0.2, 0.25) is 0 Å². The molecule has 0 radical (unpaired) electrons. The fourth-order valence-corrected chi connectivity index (χ4v) is 2.52. The van der Waals surface area contributed by atoms with Crippen LogP contribution < -0.4 is 5.73 Å². The van der Waals surface area contributed by atoms with Crippen molar-refractivity contribution in [1.82, 2.24) is 4.98 Å². The predicted octanol–water partition coefficient (Wildman–Crippen LogP) is 1.04. The third-order valence-corrected chi connectivity index (χ3v) is 3.50. The van der Waals surface area contributed by atoms with Crippen LogP contribution in [0.1, 0.15) is 17.5 Å². The van der Waals surface area contributed by atoms with E-state index in [4.69, 9.17) is 5.73 Å². The van der Waals surface area contributed by atoms with Crippen LogP contribution in [0, 0.1) is 0 Å². The first-order chi connectivity index (χ1) is 7.72. The topological polar surface area (TPSA) is 79.4 Å². The van der Waals surface area contributed by atoms with Crippen LogP contribution >= 0.6 is 11.3 Å². The van der Waals surface area contributed by atoms with Gasteiger partial charge in [-0.1, -0.05) is 12.1 Å². The molecule has 0 amide bonds. The lowest BCUT2D eigenvalue weighted by molar-refractivity contribution is 0.0150. The maximum absolute atomic E-state index is 9.86. The lowest BCUT2D eigenvalue weighted by atomic mass is 10.1. The molecule has 0 aliphatic rings. The first-order valence-electron chi connectivity index (χ1n) is 5.14. The van der Waals surface area contributed by atoms with Gasteiger partial charge in [-0.25, -0.2) is 4.98 Å². The van der Waals surface area contributed by atoms with E-state index in [2.05, 4.69) is 4.98 Å². The molecule has 5 heteroatoms. The van der Waals surface area contributed by atoms with Gasteiger partial charge in [0.05, 0.1) is 16.3 Å². The van der Waals surface area contributed by atoms with Gasteiger partial charge < -0.3 is 15.9 Å². The number of nitrogens with two attached hydrogens (primary N) is 1. The second-order valence-electron chi connectivity index (χ2n) is 3.61. The molecule has 0 aliphatic carbocycles. The van der Waals surface area contributed by atoms with E-state index in [0.29, 0.717) is 18.0 Å². The number of aliphatic hydroxyl groups is 2. The molecule has 1 aromatic carbocycles. The smallest absolute Gasteiger partial charge is 0.131 e. The van der Waals surface area contributed by atoms with Gasteiger partial charge in [-0.05, 0) is 25.1 Å². The lowest BCUT2D eigenvalue weighted by Gasteiger charge is -2.13. The summed E-state index contributed by atoms with van der Waals surface area (Å²) in [6.45, 7) is 0.350. The van der Waals surface area contributed by atoms with Crippen LogP contribution in [0.3, 0.4) is 0 Å². The monoisotopic (exact) mass is 238 g/mol. The predicted molar refractivity (Wildman–Crippen MR) is 64.3 cm³/mol. The van der Waals surface area contributed by atoms with Crippen molar-refractivity contribution in [3.8, 4) is 0 Å². The van der Waals surface area contributed by atoms with Crippen LogP contribution in [-0.4, -0.2) is 27.8 Å². The Bertz CT molecular complexity index is 439. The normalized spacial score (nSPS) is 15.2. The maximum Gasteiger partial charge on any atom is 0.131 e. The maximum atomic E-state index is 9.86. The standard InChI is InChI=1S/C11H14N2O2S/c12-6-5-8(14)10(15)11-13-7-3-1-2-4-9(7)16-11/h1-4,8,10,14-15H,5-6,12H2. The number of fused-ring (bicyclic) bond motifs is 1. The molecule has 2 unspecified atom stereocenters. The Morgan fingerprint density at radius 2 is 2.06 bits per heavy atom. The third kappa shape index (κ3) is 2.22. The SMILES string of the molecule is NCCC(O)C(O)c1nc2ccccc2s1. The van der Waals surface area contributed by atoms with Crippen LogP contribution in [0.5, 0.6) is 0 Å². The highest BCUT2D eigenvalue weighted by Crippen LogP contribution is 2.28. The van der Waals surface area contributed by atoms with Crippen molar-refractivity contribution in [3.05, 3.63) is 29.3 Å². The molecular formula is C11H14N2O2S. The Morgan fingerprint density at radius 1 is 1.31 bits per heavy atom. The van der Waals surface area contributed by atoms with E-state index in [1.165, 1.54) is 11.3 Å². The van der Waals surface area contributed by atoms with Crippen molar-refractivity contribution in [3.63, 3.8) is 0 Å². The summed E-state index contributed by atoms with van der Waals surface area (Å²) in [5.41, 5.74) is 6.18. The van der Waals surface area contributed by atoms with Gasteiger partial charge in [-0.2, -0.15) is 0 Å². The Morgan fingerprint density at radius 3 is 2.75 bits per heavy atom. The number of benzene rings is 1. The summed E-state index contributed by atoms with van der Waals surface area (Å²) < 4.78 is 1.01. The molecule has 0 fully saturated rings. The van der Waals surface area contributed by atoms with E-state index >= 15 is 0 Å². The molecule has 16 heavy (non-hydrogen) atoms. The van der Waals surface area contributed by atoms with Gasteiger partial charge in [0, 0.05) is 0 Å². The third-order valence-electron chi connectivity index (χ3n) is 2.39. The minimum Gasteiger partial charge on any atom is -0.390 e. The van der Waals surface area contributed by atoms with Gasteiger partial charge >= 0.3 is 0 Å². The number of para-hydroxylation sites is 1. The molecule has 0 saturated carbocycles. The number of thiazole rings is 1. The second kappa shape index (κ2) is 4.88. The summed E-state index contributed by atoms with van der Waals surface area (Å²) in [6.07, 6.45) is -1.41. The highest BCUT2D eigenvalue weighted by atomic mass is 32.1. The highest BCUT2D eigenvalue weighted by Gasteiger charge is 2.21. The molecule has 1 aromatic heterocycles. The number of rotatable bonds is 4. The molecule has 2 atom stereocenters. The molecular weight excluding hydrogens is 224 g/mol. The molecule has 4 N–H and O–H groups in total. The van der Waals surface area contributed by atoms with Crippen LogP contribution in [0.4, 0.5) is 0 Å². The van der Waals surface area contributed by atoms with E-state index in [0.717, 1.165) is 10.2 Å². The van der Waals surface area contributed by atoms with Crippen molar-refractivity contribution in [1.29, 1.82) is 0 Å². The molecule has 4 nitrogen and oxygen atoms in total. The van der Waals surface area contributed by atoms with Crippen molar-refractivity contribution in [2.75, 3.05) is 6.54 Å². The fraction of sp³-hybridized carbons (Fsp3) is 0.364. The van der Waals surface area contributed by atoms with Crippen molar-refractivity contribution < 1.29 is 10.2 Å². The van der Waals surface area contributed by atoms with E-state index < -0.39 is 12.2 Å². The first kappa shape index (κ1) is 11.5. The van der Waals surface area contributed by atoms with E-state index in [1.807, 2.05) is 24.3 Å². The summed E-state index contributed by atoms with van der Waals surface area (Å²) in [5, 5.41) is 20.0. The lowest BCUT2D eigenvalue weighted by Crippen LogP contribution is -2.21. The van der Waals surface area contributed by atoms with Crippen molar-refractivity contribution in [2.45, 2.75) is 18.6 Å². The molecule has 0 spiro atoms. The average Bonchev–Trinajstić information content (AvgIpc) is 2.71. The quantitative estimate of drug-likeness (QED) is 0.743. The molecule has 2 rings (SSSR count). The zero-order valence-corrected chi connectivity index (χ0v) is 9.52. The second-order valence-corrected chi connectivity index (χ2v) is 4.67. The van der Waals surface area contributed by atoms with Gasteiger partial charge in [0.15, 0.2) is 0 Å². The zero-order chi connectivity index (χ0) is 11.5. The van der Waals surface area contributed by atoms with Gasteiger partial charge in [-0.15, -0.1) is 11.3 Å². The summed E-state index contributed by atoms with van der Waals surface area (Å²) in [7, 11) is 0. The van der Waals surface area contributed by atoms with Gasteiger partial charge in [-0.3, -0.25) is 0 Å². The van der Waals surface area contributed by atoms with Crippen LogP contribution in [0.2, 0.25) is 0 Å². The zero-order valence-electron chi connectivity index (χ0n) is 8.71. The average molecular weight is 238 g/mol. The highest BCUT2D eigenvalue weighted by molar-refractivity contribution is 7.18. The number of hydrogen-bond acceptors (Lipinski definition) is 5. The van der Waals surface area contributed by atoms with Crippen molar-refractivity contribution >= 4 is 21.6 Å². The Hall–Kier alpha value is -1.01. The first-order valence-corrected chi connectivity index (χ1v) is 5.95. The molecule has 2 aromatic rings. The number of aliphatic hydroxyl groups excluding tert-OH is 2. The minimum absolute atomic E-state index is 0.350. The summed E-state index contributed by atoms with van der Waals surface area (Å²) in [4.78, 5) is 4.28. The van der Waals surface area contributed by atoms with E-state index in [9.17, 15) is 10.2 Å². The number of aromatic nitrogens is 1. The fourth-order valence-electron chi connectivity index (χ4n) is 1.51. The van der Waals surface area contributed by atoms with Crippen LogP contribution in [-0.2, 0) is 0 Å². The van der Waals surface area contributed by atoms with Gasteiger partial charge in [0.25, 0.3) is 0 Å². The van der Waals surface area contributed by atoms with E-state index in [1.54, 1.807) is 0 Å². The van der Waals surface area contributed by atoms with Gasteiger partial charge in [0.1, 0.15) is 11.1 Å². The summed E-state index contributed by atoms with van der Waals surface area (Å²) in [5.74, 6) is 0. The minimum atomic E-state index is -0.944. The van der Waals surface area contributed by atoms with Crippen LogP contribution in [0.25, 0.3) is 10.2 Å². The van der Waals surface area contributed by atoms with Crippen LogP contribution in [0.15, 0.2) is 24.3 Å². The largest absolute Gasteiger partial charge is 0.390 e. The number of nitrogens with zero attached hydrogens (tertiary/aromatic N) is 1. The Balaban J connectivity index is 2.26. The molecule has 0 bridgehead atoms. The van der Waals surface area contributed by atoms with Crippen molar-refractivity contribution in [2.24, 2.45) is 5.73 Å².